The van der Waals surface area contributed by atoms with Gasteiger partial charge in [0, 0.05) is 29.1 Å². The second-order valence-corrected chi connectivity index (χ2v) is 15.2. The Morgan fingerprint density at radius 3 is 1.25 bits per heavy atom. The molecular formula is C32H28F4N2O4S2. The van der Waals surface area contributed by atoms with Crippen LogP contribution in [0, 0.1) is 23.7 Å². The molecule has 0 amide bonds. The molecule has 1 spiro atoms. The van der Waals surface area contributed by atoms with Crippen LogP contribution < -0.4 is 0 Å². The lowest BCUT2D eigenvalue weighted by molar-refractivity contribution is -0.123. The van der Waals surface area contributed by atoms with Crippen molar-refractivity contribution in [3.05, 3.63) is 23.3 Å². The highest BCUT2D eigenvalue weighted by molar-refractivity contribution is 7.26. The van der Waals surface area contributed by atoms with Crippen LogP contribution in [0.2, 0.25) is 0 Å². The van der Waals surface area contributed by atoms with Gasteiger partial charge in [-0.05, 0) is 61.8 Å². The first kappa shape index (κ1) is 28.6. The number of hydrogen-bond acceptors (Lipinski definition) is 8. The van der Waals surface area contributed by atoms with Crippen molar-refractivity contribution < 1.29 is 36.7 Å². The third-order valence-electron chi connectivity index (χ3n) is 10.8. The molecule has 0 bridgehead atoms. The van der Waals surface area contributed by atoms with Crippen LogP contribution in [0.3, 0.4) is 0 Å². The lowest BCUT2D eigenvalue weighted by atomic mass is 9.68. The molecule has 8 unspecified atom stereocenters. The van der Waals surface area contributed by atoms with Crippen LogP contribution >= 0.6 is 22.7 Å². The first-order valence-electron chi connectivity index (χ1n) is 15.3. The zero-order valence-electron chi connectivity index (χ0n) is 23.5. The Labute approximate surface area is 258 Å². The summed E-state index contributed by atoms with van der Waals surface area (Å²) in [6.45, 7) is 0. The van der Waals surface area contributed by atoms with Crippen molar-refractivity contribution in [2.45, 2.75) is 87.9 Å². The van der Waals surface area contributed by atoms with Gasteiger partial charge in [0.25, 0.3) is 0 Å². The number of carbonyl (C=O) groups excluding carboxylic acids is 4. The molecule has 0 aliphatic heterocycles. The number of halogens is 4. The molecule has 12 heteroatoms. The molecule has 2 aromatic rings. The van der Waals surface area contributed by atoms with E-state index in [0.717, 1.165) is 53.0 Å². The average Bonchev–Trinajstić information content (AvgIpc) is 3.77. The highest BCUT2D eigenvalue weighted by Gasteiger charge is 2.54. The summed E-state index contributed by atoms with van der Waals surface area (Å²) < 4.78 is 56.2. The van der Waals surface area contributed by atoms with Crippen LogP contribution in [-0.2, 0) is 24.6 Å². The van der Waals surface area contributed by atoms with E-state index < -0.39 is 71.5 Å². The quantitative estimate of drug-likeness (QED) is 0.333. The number of fused-ring (bicyclic) bond motifs is 7. The van der Waals surface area contributed by atoms with Crippen molar-refractivity contribution >= 4 is 67.2 Å². The molecule has 8 atom stereocenters. The molecule has 230 valence electrons. The maximum absolute atomic E-state index is 14.1. The number of alkyl halides is 4. The lowest BCUT2D eigenvalue weighted by Gasteiger charge is -2.34. The summed E-state index contributed by atoms with van der Waals surface area (Å²) in [6, 6.07) is 3.84. The molecule has 44 heavy (non-hydrogen) atoms. The van der Waals surface area contributed by atoms with Crippen molar-refractivity contribution in [3.63, 3.8) is 0 Å². The number of Topliss-reactive ketones (excluding diaryl/α,β-unsaturated/α-hetero) is 4. The molecule has 0 N–H and O–H groups in total. The highest BCUT2D eigenvalue weighted by atomic mass is 32.1. The molecular weight excluding hydrogens is 616 g/mol. The zero-order valence-corrected chi connectivity index (χ0v) is 25.1. The topological polar surface area (TPSA) is 93.0 Å². The number of ketones is 4. The van der Waals surface area contributed by atoms with Gasteiger partial charge in [0.05, 0.1) is 9.75 Å². The van der Waals surface area contributed by atoms with E-state index >= 15 is 0 Å². The van der Waals surface area contributed by atoms with Crippen molar-refractivity contribution in [2.24, 2.45) is 33.7 Å². The van der Waals surface area contributed by atoms with E-state index in [4.69, 9.17) is 0 Å². The normalized spacial score (nSPS) is 35.6. The summed E-state index contributed by atoms with van der Waals surface area (Å²) in [5.74, 6) is -5.57. The summed E-state index contributed by atoms with van der Waals surface area (Å²) in [7, 11) is 0. The zero-order chi connectivity index (χ0) is 30.7. The van der Waals surface area contributed by atoms with Crippen LogP contribution in [0.25, 0.3) is 9.75 Å². The molecule has 6 nitrogen and oxygen atoms in total. The number of rotatable bonds is 2. The first-order valence-corrected chi connectivity index (χ1v) is 16.9. The fraction of sp³-hybridized carbons (Fsp3) is 0.562. The van der Waals surface area contributed by atoms with Gasteiger partial charge >= 0.3 is 0 Å². The summed E-state index contributed by atoms with van der Waals surface area (Å²) in [6.07, 6.45) is -3.50. The Balaban J connectivity index is 1.16. The second-order valence-electron chi connectivity index (χ2n) is 13.1. The van der Waals surface area contributed by atoms with Crippen molar-refractivity contribution in [1.29, 1.82) is 0 Å². The molecule has 6 aliphatic carbocycles. The summed E-state index contributed by atoms with van der Waals surface area (Å²) in [5, 5.41) is 0.949. The van der Waals surface area contributed by atoms with Crippen molar-refractivity contribution in [1.82, 2.24) is 0 Å². The van der Waals surface area contributed by atoms with Crippen LogP contribution in [0.1, 0.15) is 68.9 Å². The number of thiophene rings is 2. The minimum Gasteiger partial charge on any atom is -0.292 e. The Hall–Kier alpha value is -2.86. The monoisotopic (exact) mass is 644 g/mol. The van der Waals surface area contributed by atoms with Crippen molar-refractivity contribution in [2.75, 3.05) is 0 Å². The van der Waals surface area contributed by atoms with E-state index in [9.17, 15) is 36.7 Å². The van der Waals surface area contributed by atoms with Gasteiger partial charge in [-0.15, -0.1) is 22.7 Å². The first-order chi connectivity index (χ1) is 21.1. The number of aliphatic imine (C=N–C) groups is 2. The molecule has 0 radical (unpaired) electrons. The van der Waals surface area contributed by atoms with Gasteiger partial charge in [-0.25, -0.2) is 27.5 Å². The molecule has 8 rings (SSSR count). The molecule has 6 aliphatic rings. The van der Waals surface area contributed by atoms with Crippen LogP contribution in [0.15, 0.2) is 22.1 Å². The third kappa shape index (κ3) is 4.01. The maximum atomic E-state index is 14.1. The van der Waals surface area contributed by atoms with E-state index in [1.165, 1.54) is 22.7 Å². The van der Waals surface area contributed by atoms with E-state index in [1.807, 2.05) is 12.1 Å². The van der Waals surface area contributed by atoms with Gasteiger partial charge in [-0.1, -0.05) is 19.3 Å². The summed E-state index contributed by atoms with van der Waals surface area (Å²) in [5.41, 5.74) is 1.32. The van der Waals surface area contributed by atoms with E-state index in [1.54, 1.807) is 0 Å². The maximum Gasteiger partial charge on any atom is 0.188 e. The Bertz CT molecular complexity index is 1530. The predicted molar refractivity (Wildman–Crippen MR) is 158 cm³/mol. The molecule has 0 saturated heterocycles. The van der Waals surface area contributed by atoms with Crippen LogP contribution in [0.4, 0.5) is 27.6 Å². The standard InChI is InChI=1S/C32H28F4N2O4S2/c33-18-6-12-13(7-19(18)34)27(40)24(26(12)39)37-22-10-16-30(43-22)31-17(32(16)4-2-1-3-5-32)11-23(44-31)38-25-28(41)14-8-20(35)21(36)9-15(14)29(25)42/h10-15,18-21H,1-9H2. The lowest BCUT2D eigenvalue weighted by Crippen LogP contribution is -2.35. The Morgan fingerprint density at radius 2 is 0.909 bits per heavy atom. The number of nitrogens with zero attached hydrogens (tertiary/aromatic N) is 2. The van der Waals surface area contributed by atoms with Gasteiger partial charge in [0.1, 0.15) is 34.7 Å². The van der Waals surface area contributed by atoms with Gasteiger partial charge < -0.3 is 0 Å². The second kappa shape index (κ2) is 10.1. The molecule has 2 heterocycles. The fourth-order valence-electron chi connectivity index (χ4n) is 8.52. The summed E-state index contributed by atoms with van der Waals surface area (Å²) in [4.78, 5) is 63.2. The van der Waals surface area contributed by atoms with Crippen LogP contribution in [-0.4, -0.2) is 59.2 Å². The predicted octanol–water partition coefficient (Wildman–Crippen LogP) is 6.89. The SMILES string of the molecule is O=C1C(=Nc2cc3c(s2)-c2sc(N=C4C(=O)C5CC(F)C(F)CC5C4=O)cc2C32CCCCC2)C(=O)C2CC(F)C(F)CC12. The number of carbonyl (C=O) groups is 4. The Kier molecular flexibility index (Phi) is 6.55. The Morgan fingerprint density at radius 1 is 0.568 bits per heavy atom. The van der Waals surface area contributed by atoms with Gasteiger partial charge in [0.15, 0.2) is 34.6 Å². The minimum atomic E-state index is -1.76. The van der Waals surface area contributed by atoms with Gasteiger partial charge in [-0.3, -0.25) is 19.2 Å². The minimum absolute atomic E-state index is 0.233. The third-order valence-corrected chi connectivity index (χ3v) is 13.0. The van der Waals surface area contributed by atoms with E-state index in [-0.39, 0.29) is 42.5 Å². The van der Waals surface area contributed by atoms with Crippen molar-refractivity contribution in [3.8, 4) is 9.75 Å². The van der Waals surface area contributed by atoms with Gasteiger partial charge in [-0.2, -0.15) is 0 Å². The average molecular weight is 645 g/mol. The summed E-state index contributed by atoms with van der Waals surface area (Å²) >= 11 is 2.67. The largest absolute Gasteiger partial charge is 0.292 e. The highest BCUT2D eigenvalue weighted by Crippen LogP contribution is 2.63. The molecule has 5 fully saturated rings. The number of hydrogen-bond donors (Lipinski definition) is 0. The van der Waals surface area contributed by atoms with Gasteiger partial charge in [0.2, 0.25) is 0 Å². The molecule has 5 saturated carbocycles. The van der Waals surface area contributed by atoms with Crippen LogP contribution in [0.5, 0.6) is 0 Å². The van der Waals surface area contributed by atoms with E-state index in [0.29, 0.717) is 10.0 Å². The smallest absolute Gasteiger partial charge is 0.188 e. The van der Waals surface area contributed by atoms with E-state index in [2.05, 4.69) is 9.98 Å². The molecule has 0 aromatic carbocycles. The molecule has 2 aromatic heterocycles. The fourth-order valence-corrected chi connectivity index (χ4v) is 10.9.